The third kappa shape index (κ3) is 3.73. The van der Waals surface area contributed by atoms with Gasteiger partial charge in [-0.15, -0.1) is 11.3 Å². The Morgan fingerprint density at radius 3 is 2.70 bits per heavy atom. The molecule has 1 N–H and O–H groups in total. The molecule has 0 amide bonds. The summed E-state index contributed by atoms with van der Waals surface area (Å²) >= 11 is 8.23. The van der Waals surface area contributed by atoms with Gasteiger partial charge in [0.15, 0.2) is 0 Å². The van der Waals surface area contributed by atoms with Crippen molar-refractivity contribution in [2.24, 2.45) is 5.92 Å². The first-order valence-electron chi connectivity index (χ1n) is 7.10. The molecule has 1 aromatic carbocycles. The topological polar surface area (TPSA) is 21.3 Å². The zero-order valence-electron chi connectivity index (χ0n) is 12.3. The van der Waals surface area contributed by atoms with Gasteiger partial charge in [0.25, 0.3) is 0 Å². The van der Waals surface area contributed by atoms with Gasteiger partial charge in [-0.3, -0.25) is 0 Å². The minimum absolute atomic E-state index is 0.358. The van der Waals surface area contributed by atoms with Gasteiger partial charge in [-0.2, -0.15) is 0 Å². The van der Waals surface area contributed by atoms with Gasteiger partial charge in [-0.05, 0) is 18.9 Å². The molecule has 1 heterocycles. The van der Waals surface area contributed by atoms with Crippen LogP contribution < -0.4 is 5.32 Å². The molecule has 0 saturated carbocycles. The van der Waals surface area contributed by atoms with Gasteiger partial charge in [0.2, 0.25) is 0 Å². The van der Waals surface area contributed by atoms with Crippen molar-refractivity contribution < 1.29 is 4.74 Å². The Labute approximate surface area is 130 Å². The number of ether oxygens (including phenoxy) is 1. The minimum atomic E-state index is 0.358. The SMILES string of the molecule is CCOCC(NCc1sc2ccccc2c1Cl)C(C)C. The molecule has 0 aliphatic carbocycles. The van der Waals surface area contributed by atoms with Crippen molar-refractivity contribution in [1.29, 1.82) is 0 Å². The number of hydrogen-bond acceptors (Lipinski definition) is 3. The fourth-order valence-corrected chi connectivity index (χ4v) is 3.58. The highest BCUT2D eigenvalue weighted by atomic mass is 35.5. The molecule has 2 nitrogen and oxygen atoms in total. The molecule has 1 aromatic heterocycles. The Morgan fingerprint density at radius 1 is 1.30 bits per heavy atom. The van der Waals surface area contributed by atoms with Gasteiger partial charge in [0.05, 0.1) is 11.6 Å². The lowest BCUT2D eigenvalue weighted by Gasteiger charge is -2.22. The average Bonchev–Trinajstić information content (AvgIpc) is 2.76. The van der Waals surface area contributed by atoms with E-state index in [0.717, 1.165) is 30.2 Å². The van der Waals surface area contributed by atoms with Crippen molar-refractivity contribution in [2.45, 2.75) is 33.4 Å². The highest BCUT2D eigenvalue weighted by molar-refractivity contribution is 7.19. The molecule has 1 atom stereocenters. The third-order valence-corrected chi connectivity index (χ3v) is 5.15. The predicted octanol–water partition coefficient (Wildman–Crippen LogP) is 4.71. The van der Waals surface area contributed by atoms with Crippen LogP contribution >= 0.6 is 22.9 Å². The van der Waals surface area contributed by atoms with Gasteiger partial charge < -0.3 is 10.1 Å². The number of hydrogen-bond donors (Lipinski definition) is 1. The molecule has 1 unspecified atom stereocenters. The van der Waals surface area contributed by atoms with Crippen LogP contribution in [0.15, 0.2) is 24.3 Å². The summed E-state index contributed by atoms with van der Waals surface area (Å²) in [6.45, 7) is 8.76. The van der Waals surface area contributed by atoms with E-state index in [-0.39, 0.29) is 0 Å². The number of rotatable bonds is 7. The second-order valence-electron chi connectivity index (χ2n) is 5.23. The first-order valence-corrected chi connectivity index (χ1v) is 8.30. The number of benzene rings is 1. The van der Waals surface area contributed by atoms with Gasteiger partial charge in [0.1, 0.15) is 0 Å². The zero-order valence-corrected chi connectivity index (χ0v) is 13.9. The largest absolute Gasteiger partial charge is 0.380 e. The van der Waals surface area contributed by atoms with E-state index >= 15 is 0 Å². The van der Waals surface area contributed by atoms with Gasteiger partial charge in [-0.25, -0.2) is 0 Å². The summed E-state index contributed by atoms with van der Waals surface area (Å²) in [5.74, 6) is 0.537. The first-order chi connectivity index (χ1) is 9.63. The van der Waals surface area contributed by atoms with Crippen LogP contribution in [0, 0.1) is 5.92 Å². The van der Waals surface area contributed by atoms with Crippen molar-refractivity contribution in [3.63, 3.8) is 0 Å². The van der Waals surface area contributed by atoms with Crippen molar-refractivity contribution in [1.82, 2.24) is 5.32 Å². The summed E-state index contributed by atoms with van der Waals surface area (Å²) in [6, 6.07) is 8.65. The van der Waals surface area contributed by atoms with Crippen LogP contribution in [-0.2, 0) is 11.3 Å². The molecule has 4 heteroatoms. The van der Waals surface area contributed by atoms with E-state index in [4.69, 9.17) is 16.3 Å². The van der Waals surface area contributed by atoms with Crippen LogP contribution in [0.3, 0.4) is 0 Å². The first kappa shape index (κ1) is 15.8. The van der Waals surface area contributed by atoms with Crippen LogP contribution in [0.4, 0.5) is 0 Å². The third-order valence-electron chi connectivity index (χ3n) is 3.43. The highest BCUT2D eigenvalue weighted by Crippen LogP contribution is 2.35. The summed E-state index contributed by atoms with van der Waals surface area (Å²) in [7, 11) is 0. The normalized spacial score (nSPS) is 13.2. The monoisotopic (exact) mass is 311 g/mol. The lowest BCUT2D eigenvalue weighted by Crippen LogP contribution is -2.37. The van der Waals surface area contributed by atoms with Crippen molar-refractivity contribution >= 4 is 33.0 Å². The Morgan fingerprint density at radius 2 is 2.05 bits per heavy atom. The molecule has 0 fully saturated rings. The Hall–Kier alpha value is -0.610. The summed E-state index contributed by atoms with van der Waals surface area (Å²) < 4.78 is 6.79. The standard InChI is InChI=1S/C16H22ClNOS/c1-4-19-10-13(11(2)3)18-9-15-16(17)12-7-5-6-8-14(12)20-15/h5-8,11,13,18H,4,9-10H2,1-3H3. The van der Waals surface area contributed by atoms with Gasteiger partial charge in [-0.1, -0.05) is 43.6 Å². The van der Waals surface area contributed by atoms with Crippen LogP contribution in [0.5, 0.6) is 0 Å². The van der Waals surface area contributed by atoms with Crippen molar-refractivity contribution in [3.8, 4) is 0 Å². The summed E-state index contributed by atoms with van der Waals surface area (Å²) in [5, 5.41) is 5.61. The number of halogens is 1. The maximum atomic E-state index is 6.46. The van der Waals surface area contributed by atoms with E-state index in [1.165, 1.54) is 9.58 Å². The van der Waals surface area contributed by atoms with Gasteiger partial charge in [0, 0.05) is 34.2 Å². The van der Waals surface area contributed by atoms with E-state index in [1.807, 2.05) is 13.0 Å². The van der Waals surface area contributed by atoms with Crippen LogP contribution in [0.25, 0.3) is 10.1 Å². The maximum absolute atomic E-state index is 6.46. The van der Waals surface area contributed by atoms with Crippen LogP contribution in [-0.4, -0.2) is 19.3 Å². The number of fused-ring (bicyclic) bond motifs is 1. The lowest BCUT2D eigenvalue weighted by molar-refractivity contribution is 0.108. The molecule has 110 valence electrons. The van der Waals surface area contributed by atoms with E-state index < -0.39 is 0 Å². The molecule has 0 aliphatic heterocycles. The summed E-state index contributed by atoms with van der Waals surface area (Å²) in [6.07, 6.45) is 0. The van der Waals surface area contributed by atoms with Crippen molar-refractivity contribution in [3.05, 3.63) is 34.2 Å². The molecular weight excluding hydrogens is 290 g/mol. The Kier molecular flexibility index (Phi) is 5.85. The maximum Gasteiger partial charge on any atom is 0.0636 e. The van der Waals surface area contributed by atoms with E-state index in [9.17, 15) is 0 Å². The molecule has 0 saturated heterocycles. The molecule has 0 radical (unpaired) electrons. The molecule has 2 aromatic rings. The lowest BCUT2D eigenvalue weighted by atomic mass is 10.1. The predicted molar refractivity (Wildman–Crippen MR) is 88.8 cm³/mol. The summed E-state index contributed by atoms with van der Waals surface area (Å²) in [5.41, 5.74) is 0. The molecule has 2 rings (SSSR count). The van der Waals surface area contributed by atoms with Crippen molar-refractivity contribution in [2.75, 3.05) is 13.2 Å². The smallest absolute Gasteiger partial charge is 0.0636 e. The van der Waals surface area contributed by atoms with Crippen LogP contribution in [0.2, 0.25) is 5.02 Å². The second-order valence-corrected chi connectivity index (χ2v) is 6.74. The molecule has 20 heavy (non-hydrogen) atoms. The van der Waals surface area contributed by atoms with Crippen LogP contribution in [0.1, 0.15) is 25.6 Å². The van der Waals surface area contributed by atoms with E-state index in [0.29, 0.717) is 12.0 Å². The fraction of sp³-hybridized carbons (Fsp3) is 0.500. The quantitative estimate of drug-likeness (QED) is 0.800. The molecule has 0 bridgehead atoms. The molecular formula is C16H22ClNOS. The van der Waals surface area contributed by atoms with Gasteiger partial charge >= 0.3 is 0 Å². The summed E-state index contributed by atoms with van der Waals surface area (Å²) in [4.78, 5) is 1.20. The fourth-order valence-electron chi connectivity index (χ4n) is 2.13. The second kappa shape index (κ2) is 7.41. The molecule has 0 spiro atoms. The Balaban J connectivity index is 2.05. The average molecular weight is 312 g/mol. The van der Waals surface area contributed by atoms with E-state index in [2.05, 4.69) is 37.4 Å². The number of nitrogens with one attached hydrogen (secondary N) is 1. The number of thiophene rings is 1. The Bertz CT molecular complexity index is 552. The highest BCUT2D eigenvalue weighted by Gasteiger charge is 2.15. The molecule has 0 aliphatic rings. The minimum Gasteiger partial charge on any atom is -0.380 e. The van der Waals surface area contributed by atoms with E-state index in [1.54, 1.807) is 11.3 Å². The zero-order chi connectivity index (χ0) is 14.5.